The van der Waals surface area contributed by atoms with E-state index in [2.05, 4.69) is 19.8 Å². The number of hydrogen-bond donors (Lipinski definition) is 0. The molecule has 0 bridgehead atoms. The minimum atomic E-state index is -4.82. The fraction of sp³-hybridized carbons (Fsp3) is 0.368. The highest BCUT2D eigenvalue weighted by atomic mass is 19.4. The summed E-state index contributed by atoms with van der Waals surface area (Å²) in [5.74, 6) is -2.60. The number of alkyl halides is 3. The summed E-state index contributed by atoms with van der Waals surface area (Å²) in [6.07, 6.45) is -4.82. The van der Waals surface area contributed by atoms with Gasteiger partial charge in [-0.25, -0.2) is 9.07 Å². The van der Waals surface area contributed by atoms with Crippen molar-refractivity contribution < 1.29 is 36.4 Å². The van der Waals surface area contributed by atoms with Crippen molar-refractivity contribution >= 4 is 5.91 Å². The molecule has 9 nitrogen and oxygen atoms in total. The Labute approximate surface area is 177 Å². The minimum absolute atomic E-state index is 0.0335. The Bertz CT molecular complexity index is 1180. The molecule has 0 unspecified atom stereocenters. The molecule has 2 aliphatic rings. The van der Waals surface area contributed by atoms with Crippen LogP contribution in [0.2, 0.25) is 0 Å². The van der Waals surface area contributed by atoms with Gasteiger partial charge in [-0.3, -0.25) is 4.79 Å². The molecular weight excluding hydrogens is 438 g/mol. The normalized spacial score (nSPS) is 17.9. The molecule has 0 fully saturated rings. The van der Waals surface area contributed by atoms with E-state index >= 15 is 0 Å². The molecule has 4 heterocycles. The molecule has 3 aromatic rings. The SMILES string of the molecule is C[C@H]1COc2cc(-c3noc(C(F)(F)F)n3)cc(F)c2CN1C(=O)c1cc2n(n1)CCO2. The standard InChI is InChI=1S/C19H15F4N5O4/c1-9-8-31-14-5-10(16-24-18(32-26-16)19(21,22)23)4-12(20)11(14)7-27(9)17(29)13-6-15-28(25-13)2-3-30-15/h4-6,9H,2-3,7-8H2,1H3/t9-/m0/s1. The number of carbonyl (C=O) groups excluding carboxylic acids is 1. The van der Waals surface area contributed by atoms with Crippen molar-refractivity contribution in [3.63, 3.8) is 0 Å². The molecule has 0 radical (unpaired) electrons. The summed E-state index contributed by atoms with van der Waals surface area (Å²) in [5, 5.41) is 7.51. The van der Waals surface area contributed by atoms with Gasteiger partial charge in [0.05, 0.1) is 19.1 Å². The van der Waals surface area contributed by atoms with Gasteiger partial charge in [0.2, 0.25) is 11.7 Å². The predicted octanol–water partition coefficient (Wildman–Crippen LogP) is 2.91. The molecule has 0 saturated heterocycles. The lowest BCUT2D eigenvalue weighted by atomic mass is 10.1. The van der Waals surface area contributed by atoms with Crippen LogP contribution in [0.15, 0.2) is 22.7 Å². The smallest absolute Gasteiger partial charge is 0.471 e. The second kappa shape index (κ2) is 7.21. The average Bonchev–Trinajstić information content (AvgIpc) is 3.44. The Morgan fingerprint density at radius 1 is 1.22 bits per heavy atom. The fourth-order valence-corrected chi connectivity index (χ4v) is 3.54. The van der Waals surface area contributed by atoms with E-state index in [1.54, 1.807) is 11.6 Å². The predicted molar refractivity (Wildman–Crippen MR) is 97.2 cm³/mol. The molecule has 1 atom stereocenters. The number of carbonyl (C=O) groups is 1. The van der Waals surface area contributed by atoms with Crippen LogP contribution in [0.1, 0.15) is 28.9 Å². The van der Waals surface area contributed by atoms with Crippen LogP contribution in [0.5, 0.6) is 11.6 Å². The molecule has 1 aromatic carbocycles. The maximum absolute atomic E-state index is 15.0. The van der Waals surface area contributed by atoms with Crippen LogP contribution in [0, 0.1) is 5.82 Å². The van der Waals surface area contributed by atoms with Gasteiger partial charge in [-0.1, -0.05) is 5.16 Å². The first-order chi connectivity index (χ1) is 15.2. The number of nitrogens with zero attached hydrogens (tertiary/aromatic N) is 5. The molecule has 13 heteroatoms. The Balaban J connectivity index is 1.45. The molecule has 0 saturated carbocycles. The van der Waals surface area contributed by atoms with Crippen LogP contribution in [-0.2, 0) is 19.3 Å². The average molecular weight is 453 g/mol. The Morgan fingerprint density at radius 3 is 2.75 bits per heavy atom. The van der Waals surface area contributed by atoms with Crippen LogP contribution in [0.3, 0.4) is 0 Å². The van der Waals surface area contributed by atoms with Crippen LogP contribution >= 0.6 is 0 Å². The molecule has 0 aliphatic carbocycles. The molecule has 168 valence electrons. The van der Waals surface area contributed by atoms with E-state index in [1.807, 2.05) is 0 Å². The highest BCUT2D eigenvalue weighted by Crippen LogP contribution is 2.35. The highest BCUT2D eigenvalue weighted by molar-refractivity contribution is 5.93. The minimum Gasteiger partial charge on any atom is -0.491 e. The van der Waals surface area contributed by atoms with Crippen LogP contribution in [0.4, 0.5) is 17.6 Å². The van der Waals surface area contributed by atoms with Crippen molar-refractivity contribution in [2.24, 2.45) is 0 Å². The Hall–Kier alpha value is -3.64. The van der Waals surface area contributed by atoms with Crippen molar-refractivity contribution in [1.29, 1.82) is 0 Å². The first kappa shape index (κ1) is 20.3. The molecule has 2 aliphatic heterocycles. The Morgan fingerprint density at radius 2 is 2.03 bits per heavy atom. The summed E-state index contributed by atoms with van der Waals surface area (Å²) in [6, 6.07) is 3.40. The lowest BCUT2D eigenvalue weighted by Crippen LogP contribution is -2.40. The molecular formula is C19H15F4N5O4. The third kappa shape index (κ3) is 3.42. The molecule has 5 rings (SSSR count). The first-order valence-corrected chi connectivity index (χ1v) is 9.59. The summed E-state index contributed by atoms with van der Waals surface area (Å²) in [7, 11) is 0. The fourth-order valence-electron chi connectivity index (χ4n) is 3.54. The summed E-state index contributed by atoms with van der Waals surface area (Å²) < 4.78 is 70.0. The quantitative estimate of drug-likeness (QED) is 0.551. The monoisotopic (exact) mass is 453 g/mol. The number of halogens is 4. The van der Waals surface area contributed by atoms with E-state index in [9.17, 15) is 22.4 Å². The number of ether oxygens (including phenoxy) is 2. The van der Waals surface area contributed by atoms with E-state index < -0.39 is 35.7 Å². The van der Waals surface area contributed by atoms with Crippen molar-refractivity contribution in [2.45, 2.75) is 32.2 Å². The van der Waals surface area contributed by atoms with E-state index in [0.29, 0.717) is 19.0 Å². The zero-order chi connectivity index (χ0) is 22.6. The second-order valence-corrected chi connectivity index (χ2v) is 7.39. The molecule has 32 heavy (non-hydrogen) atoms. The van der Waals surface area contributed by atoms with Crippen molar-refractivity contribution in [3.8, 4) is 23.0 Å². The first-order valence-electron chi connectivity index (χ1n) is 9.59. The maximum Gasteiger partial charge on any atom is 0.471 e. The van der Waals surface area contributed by atoms with E-state index in [-0.39, 0.29) is 35.7 Å². The highest BCUT2D eigenvalue weighted by Gasteiger charge is 2.39. The molecule has 1 amide bonds. The number of fused-ring (bicyclic) bond motifs is 2. The second-order valence-electron chi connectivity index (χ2n) is 7.39. The number of rotatable bonds is 2. The summed E-state index contributed by atoms with van der Waals surface area (Å²) >= 11 is 0. The summed E-state index contributed by atoms with van der Waals surface area (Å²) in [4.78, 5) is 17.7. The number of amides is 1. The zero-order valence-electron chi connectivity index (χ0n) is 16.5. The van der Waals surface area contributed by atoms with Gasteiger partial charge in [-0.2, -0.15) is 23.3 Å². The van der Waals surface area contributed by atoms with E-state index in [4.69, 9.17) is 9.47 Å². The Kier molecular flexibility index (Phi) is 4.57. The summed E-state index contributed by atoms with van der Waals surface area (Å²) in [5.41, 5.74) is 0.197. The zero-order valence-corrected chi connectivity index (χ0v) is 16.5. The van der Waals surface area contributed by atoms with Crippen molar-refractivity contribution in [3.05, 3.63) is 41.2 Å². The molecule has 2 aromatic heterocycles. The maximum atomic E-state index is 15.0. The van der Waals surface area contributed by atoms with Crippen molar-refractivity contribution in [2.75, 3.05) is 13.2 Å². The lowest BCUT2D eigenvalue weighted by molar-refractivity contribution is -0.159. The topological polar surface area (TPSA) is 95.5 Å². The van der Waals surface area contributed by atoms with Gasteiger partial charge in [-0.15, -0.1) is 0 Å². The van der Waals surface area contributed by atoms with Gasteiger partial charge in [0.15, 0.2) is 5.69 Å². The van der Waals surface area contributed by atoms with Crippen LogP contribution < -0.4 is 9.47 Å². The van der Waals surface area contributed by atoms with E-state index in [1.165, 1.54) is 17.0 Å². The molecule has 0 spiro atoms. The largest absolute Gasteiger partial charge is 0.491 e. The van der Waals surface area contributed by atoms with Crippen LogP contribution in [0.25, 0.3) is 11.4 Å². The van der Waals surface area contributed by atoms with Gasteiger partial charge in [0.1, 0.15) is 24.8 Å². The third-order valence-corrected chi connectivity index (χ3v) is 5.20. The number of benzene rings is 1. The van der Waals surface area contributed by atoms with Gasteiger partial charge >= 0.3 is 12.1 Å². The number of aromatic nitrogens is 4. The van der Waals surface area contributed by atoms with Gasteiger partial charge in [-0.05, 0) is 19.1 Å². The summed E-state index contributed by atoms with van der Waals surface area (Å²) in [6.45, 7) is 2.66. The third-order valence-electron chi connectivity index (χ3n) is 5.20. The van der Waals surface area contributed by atoms with Gasteiger partial charge in [0, 0.05) is 17.2 Å². The number of hydrogen-bond acceptors (Lipinski definition) is 7. The van der Waals surface area contributed by atoms with Gasteiger partial charge in [0.25, 0.3) is 5.91 Å². The van der Waals surface area contributed by atoms with E-state index in [0.717, 1.165) is 6.07 Å². The van der Waals surface area contributed by atoms with Crippen LogP contribution in [-0.4, -0.2) is 50.0 Å². The lowest BCUT2D eigenvalue weighted by Gasteiger charge is -2.25. The van der Waals surface area contributed by atoms with Crippen molar-refractivity contribution in [1.82, 2.24) is 24.8 Å². The molecule has 0 N–H and O–H groups in total. The van der Waals surface area contributed by atoms with Gasteiger partial charge < -0.3 is 18.9 Å².